The molecular weight excluding hydrogens is 318 g/mol. The number of halogens is 1. The lowest BCUT2D eigenvalue weighted by atomic mass is 10.1. The summed E-state index contributed by atoms with van der Waals surface area (Å²) in [6.45, 7) is 2.43. The summed E-state index contributed by atoms with van der Waals surface area (Å²) in [6.07, 6.45) is 2.11. The third-order valence-electron chi connectivity index (χ3n) is 3.44. The molecule has 1 aliphatic rings. The van der Waals surface area contributed by atoms with Crippen molar-refractivity contribution in [3.8, 4) is 0 Å². The van der Waals surface area contributed by atoms with Gasteiger partial charge in [0.2, 0.25) is 5.91 Å². The Morgan fingerprint density at radius 2 is 2.20 bits per heavy atom. The van der Waals surface area contributed by atoms with Gasteiger partial charge in [-0.1, -0.05) is 12.1 Å². The number of aryl methyl sites for hydroxylation is 1. The summed E-state index contributed by atoms with van der Waals surface area (Å²) in [5.74, 6) is 0.740. The van der Waals surface area contributed by atoms with Gasteiger partial charge in [-0.2, -0.15) is 0 Å². The largest absolute Gasteiger partial charge is 0.326 e. The van der Waals surface area contributed by atoms with Crippen molar-refractivity contribution in [3.05, 3.63) is 51.6 Å². The number of pyridine rings is 1. The Labute approximate surface area is 125 Å². The van der Waals surface area contributed by atoms with E-state index in [1.165, 1.54) is 0 Å². The molecule has 0 spiro atoms. The summed E-state index contributed by atoms with van der Waals surface area (Å²) in [7, 11) is 0. The van der Waals surface area contributed by atoms with Gasteiger partial charge in [-0.3, -0.25) is 9.69 Å². The third-order valence-corrected chi connectivity index (χ3v) is 3.87. The van der Waals surface area contributed by atoms with Gasteiger partial charge in [0.1, 0.15) is 5.82 Å². The van der Waals surface area contributed by atoms with Gasteiger partial charge in [0.05, 0.1) is 12.1 Å². The van der Waals surface area contributed by atoms with E-state index in [1.54, 1.807) is 11.1 Å². The molecule has 0 unspecified atom stereocenters. The normalized spacial score (nSPS) is 13.8. The molecule has 20 heavy (non-hydrogen) atoms. The van der Waals surface area contributed by atoms with Crippen molar-refractivity contribution in [1.29, 1.82) is 0 Å². The first-order valence-corrected chi connectivity index (χ1v) is 7.16. The van der Waals surface area contributed by atoms with Crippen LogP contribution in [0.25, 0.3) is 0 Å². The van der Waals surface area contributed by atoms with E-state index in [4.69, 9.17) is 5.73 Å². The number of carbonyl (C=O) groups excluding carboxylic acids is 1. The van der Waals surface area contributed by atoms with E-state index in [-0.39, 0.29) is 5.91 Å². The molecule has 4 nitrogen and oxygen atoms in total. The molecule has 1 aromatic heterocycles. The molecule has 1 aliphatic heterocycles. The van der Waals surface area contributed by atoms with Crippen molar-refractivity contribution >= 4 is 33.3 Å². The van der Waals surface area contributed by atoms with Gasteiger partial charge >= 0.3 is 0 Å². The van der Waals surface area contributed by atoms with E-state index < -0.39 is 0 Å². The van der Waals surface area contributed by atoms with Gasteiger partial charge in [-0.25, -0.2) is 4.98 Å². The second kappa shape index (κ2) is 5.00. The molecule has 0 bridgehead atoms. The smallest absolute Gasteiger partial charge is 0.237 e. The Morgan fingerprint density at radius 3 is 2.90 bits per heavy atom. The highest BCUT2D eigenvalue weighted by Gasteiger charge is 2.30. The SMILES string of the molecule is Cc1cc(Br)cnc1N1C(=O)Cc2cc(CN)ccc21. The molecule has 2 N–H and O–H groups in total. The van der Waals surface area contributed by atoms with Crippen LogP contribution in [0.15, 0.2) is 34.9 Å². The van der Waals surface area contributed by atoms with Gasteiger partial charge in [0.25, 0.3) is 0 Å². The van der Waals surface area contributed by atoms with Crippen molar-refractivity contribution in [3.63, 3.8) is 0 Å². The Balaban J connectivity index is 2.10. The number of hydrogen-bond donors (Lipinski definition) is 1. The Morgan fingerprint density at radius 1 is 1.40 bits per heavy atom. The monoisotopic (exact) mass is 331 g/mol. The van der Waals surface area contributed by atoms with Crippen LogP contribution in [0.3, 0.4) is 0 Å². The molecule has 0 saturated heterocycles. The summed E-state index contributed by atoms with van der Waals surface area (Å²) in [4.78, 5) is 18.4. The van der Waals surface area contributed by atoms with Gasteiger partial charge in [0, 0.05) is 17.2 Å². The molecule has 0 radical (unpaired) electrons. The quantitative estimate of drug-likeness (QED) is 0.920. The first kappa shape index (κ1) is 13.3. The summed E-state index contributed by atoms with van der Waals surface area (Å²) < 4.78 is 0.907. The minimum atomic E-state index is 0.0482. The van der Waals surface area contributed by atoms with Crippen LogP contribution in [0.1, 0.15) is 16.7 Å². The van der Waals surface area contributed by atoms with Crippen molar-refractivity contribution in [1.82, 2.24) is 4.98 Å². The van der Waals surface area contributed by atoms with E-state index in [1.807, 2.05) is 31.2 Å². The van der Waals surface area contributed by atoms with E-state index in [0.717, 1.165) is 26.9 Å². The predicted octanol–water partition coefficient (Wildman–Crippen LogP) is 2.83. The molecule has 5 heteroatoms. The van der Waals surface area contributed by atoms with Crippen molar-refractivity contribution in [2.24, 2.45) is 5.73 Å². The first-order valence-electron chi connectivity index (χ1n) is 6.37. The topological polar surface area (TPSA) is 59.2 Å². The molecule has 1 amide bonds. The maximum atomic E-state index is 12.3. The fourth-order valence-corrected chi connectivity index (χ4v) is 2.95. The minimum absolute atomic E-state index is 0.0482. The fraction of sp³-hybridized carbons (Fsp3) is 0.200. The lowest BCUT2D eigenvalue weighted by Crippen LogP contribution is -2.22. The van der Waals surface area contributed by atoms with Crippen LogP contribution in [0, 0.1) is 6.92 Å². The lowest BCUT2D eigenvalue weighted by Gasteiger charge is -2.18. The van der Waals surface area contributed by atoms with Crippen LogP contribution in [0.4, 0.5) is 11.5 Å². The van der Waals surface area contributed by atoms with Crippen LogP contribution >= 0.6 is 15.9 Å². The number of anilines is 2. The van der Waals surface area contributed by atoms with Gasteiger partial charge in [-0.05, 0) is 51.7 Å². The van der Waals surface area contributed by atoms with E-state index in [0.29, 0.717) is 18.8 Å². The highest BCUT2D eigenvalue weighted by Crippen LogP contribution is 2.36. The number of hydrogen-bond acceptors (Lipinski definition) is 3. The van der Waals surface area contributed by atoms with Crippen molar-refractivity contribution < 1.29 is 4.79 Å². The molecular formula is C15H14BrN3O. The predicted molar refractivity (Wildman–Crippen MR) is 81.9 cm³/mol. The zero-order valence-electron chi connectivity index (χ0n) is 11.1. The maximum absolute atomic E-state index is 12.3. The zero-order valence-corrected chi connectivity index (χ0v) is 12.6. The molecule has 3 rings (SSSR count). The van der Waals surface area contributed by atoms with Crippen LogP contribution < -0.4 is 10.6 Å². The number of aromatic nitrogens is 1. The third kappa shape index (κ3) is 2.13. The molecule has 1 aromatic carbocycles. The Bertz CT molecular complexity index is 700. The molecule has 0 atom stereocenters. The first-order chi connectivity index (χ1) is 9.60. The van der Waals surface area contributed by atoms with Crippen LogP contribution in [0.5, 0.6) is 0 Å². The van der Waals surface area contributed by atoms with Crippen LogP contribution in [-0.4, -0.2) is 10.9 Å². The number of nitrogens with two attached hydrogens (primary N) is 1. The Hall–Kier alpha value is -1.72. The molecule has 2 aromatic rings. The average Bonchev–Trinajstić information content (AvgIpc) is 2.74. The molecule has 0 saturated carbocycles. The number of fused-ring (bicyclic) bond motifs is 1. The van der Waals surface area contributed by atoms with Gasteiger partial charge < -0.3 is 5.73 Å². The second-order valence-electron chi connectivity index (χ2n) is 4.87. The molecule has 2 heterocycles. The van der Waals surface area contributed by atoms with E-state index >= 15 is 0 Å². The van der Waals surface area contributed by atoms with Crippen molar-refractivity contribution in [2.75, 3.05) is 4.90 Å². The summed E-state index contributed by atoms with van der Waals surface area (Å²) >= 11 is 3.39. The van der Waals surface area contributed by atoms with Crippen LogP contribution in [-0.2, 0) is 17.8 Å². The van der Waals surface area contributed by atoms with Gasteiger partial charge in [-0.15, -0.1) is 0 Å². The lowest BCUT2D eigenvalue weighted by molar-refractivity contribution is -0.116. The fourth-order valence-electron chi connectivity index (χ4n) is 2.50. The standard InChI is InChI=1S/C15H14BrN3O/c1-9-4-12(16)8-18-15(9)19-13-3-2-10(7-17)5-11(13)6-14(19)20/h2-5,8H,6-7,17H2,1H3. The Kier molecular flexibility index (Phi) is 3.31. The second-order valence-corrected chi connectivity index (χ2v) is 5.78. The number of amides is 1. The number of benzene rings is 1. The van der Waals surface area contributed by atoms with Gasteiger partial charge in [0.15, 0.2) is 0 Å². The minimum Gasteiger partial charge on any atom is -0.326 e. The zero-order chi connectivity index (χ0) is 14.3. The summed E-state index contributed by atoms with van der Waals surface area (Å²) in [5, 5.41) is 0. The average molecular weight is 332 g/mol. The number of rotatable bonds is 2. The highest BCUT2D eigenvalue weighted by atomic mass is 79.9. The number of carbonyl (C=O) groups is 1. The molecule has 0 aliphatic carbocycles. The van der Waals surface area contributed by atoms with Crippen LogP contribution in [0.2, 0.25) is 0 Å². The van der Waals surface area contributed by atoms with Crippen molar-refractivity contribution in [2.45, 2.75) is 19.9 Å². The van der Waals surface area contributed by atoms with E-state index in [2.05, 4.69) is 20.9 Å². The highest BCUT2D eigenvalue weighted by molar-refractivity contribution is 9.10. The maximum Gasteiger partial charge on any atom is 0.237 e. The summed E-state index contributed by atoms with van der Waals surface area (Å²) in [6, 6.07) is 7.87. The number of nitrogens with zero attached hydrogens (tertiary/aromatic N) is 2. The molecule has 102 valence electrons. The summed E-state index contributed by atoms with van der Waals surface area (Å²) in [5.41, 5.74) is 9.57. The van der Waals surface area contributed by atoms with E-state index in [9.17, 15) is 4.79 Å². The molecule has 0 fully saturated rings.